The van der Waals surface area contributed by atoms with Crippen molar-refractivity contribution in [3.05, 3.63) is 36.2 Å². The molecule has 3 heterocycles. The molecule has 2 aliphatic rings. The van der Waals surface area contributed by atoms with Gasteiger partial charge in [-0.2, -0.15) is 4.68 Å². The fourth-order valence-corrected chi connectivity index (χ4v) is 3.36. The summed E-state index contributed by atoms with van der Waals surface area (Å²) in [7, 11) is 0. The molecule has 104 valence electrons. The minimum atomic E-state index is 0.802. The first kappa shape index (κ1) is 12.0. The second-order valence-corrected chi connectivity index (χ2v) is 5.71. The van der Waals surface area contributed by atoms with Crippen LogP contribution in [0.2, 0.25) is 0 Å². The van der Waals surface area contributed by atoms with Crippen LogP contribution in [0.3, 0.4) is 0 Å². The molecule has 0 radical (unpaired) electrons. The Labute approximate surface area is 117 Å². The van der Waals surface area contributed by atoms with E-state index in [1.54, 1.807) is 0 Å². The van der Waals surface area contributed by atoms with Crippen molar-refractivity contribution in [1.82, 2.24) is 30.4 Å². The Balaban J connectivity index is 1.52. The molecule has 2 unspecified atom stereocenters. The molecule has 4 rings (SSSR count). The molecule has 0 spiro atoms. The zero-order chi connectivity index (χ0) is 13.4. The largest absolute Gasteiger partial charge is 0.316 e. The van der Waals surface area contributed by atoms with Gasteiger partial charge in [0.2, 0.25) is 0 Å². The van der Waals surface area contributed by atoms with Gasteiger partial charge in [-0.15, -0.1) is 5.10 Å². The summed E-state index contributed by atoms with van der Waals surface area (Å²) in [5.74, 6) is 2.52. The number of para-hydroxylation sites is 1. The van der Waals surface area contributed by atoms with Crippen molar-refractivity contribution in [2.75, 3.05) is 26.2 Å². The molecule has 2 atom stereocenters. The zero-order valence-corrected chi connectivity index (χ0v) is 11.3. The zero-order valence-electron chi connectivity index (χ0n) is 11.3. The molecule has 2 saturated heterocycles. The lowest BCUT2D eigenvalue weighted by Crippen LogP contribution is -2.26. The van der Waals surface area contributed by atoms with Gasteiger partial charge in [0.15, 0.2) is 5.82 Å². The number of likely N-dealkylation sites (tertiary alicyclic amines) is 1. The summed E-state index contributed by atoms with van der Waals surface area (Å²) < 4.78 is 1.84. The van der Waals surface area contributed by atoms with Crippen molar-refractivity contribution in [3.63, 3.8) is 0 Å². The van der Waals surface area contributed by atoms with Crippen LogP contribution in [0.4, 0.5) is 0 Å². The van der Waals surface area contributed by atoms with Crippen LogP contribution in [0, 0.1) is 11.8 Å². The number of rotatable bonds is 3. The lowest BCUT2D eigenvalue weighted by molar-refractivity contribution is 0.295. The second-order valence-electron chi connectivity index (χ2n) is 5.71. The van der Waals surface area contributed by atoms with Gasteiger partial charge in [-0.3, -0.25) is 4.90 Å². The minimum Gasteiger partial charge on any atom is -0.316 e. The number of hydrogen-bond acceptors (Lipinski definition) is 5. The van der Waals surface area contributed by atoms with Crippen LogP contribution in [0.25, 0.3) is 5.69 Å². The van der Waals surface area contributed by atoms with Crippen LogP contribution >= 0.6 is 0 Å². The van der Waals surface area contributed by atoms with Crippen molar-refractivity contribution < 1.29 is 0 Å². The van der Waals surface area contributed by atoms with E-state index in [4.69, 9.17) is 0 Å². The summed E-state index contributed by atoms with van der Waals surface area (Å²) in [4.78, 5) is 2.47. The number of benzene rings is 1. The third-order valence-electron chi connectivity index (χ3n) is 4.37. The van der Waals surface area contributed by atoms with E-state index in [1.807, 2.05) is 35.0 Å². The monoisotopic (exact) mass is 270 g/mol. The van der Waals surface area contributed by atoms with Gasteiger partial charge in [-0.05, 0) is 47.5 Å². The standard InChI is InChI=1S/C14H18N6/c1-2-4-13(5-3-1)20-14(16-17-18-20)10-19-8-11-6-15-7-12(11)9-19/h1-5,11-12,15H,6-10H2. The summed E-state index contributed by atoms with van der Waals surface area (Å²) in [5, 5.41) is 15.6. The van der Waals surface area contributed by atoms with Crippen molar-refractivity contribution in [2.24, 2.45) is 11.8 Å². The van der Waals surface area contributed by atoms with Crippen LogP contribution in [-0.2, 0) is 6.54 Å². The van der Waals surface area contributed by atoms with E-state index in [1.165, 1.54) is 0 Å². The number of tetrazole rings is 1. The van der Waals surface area contributed by atoms with Crippen LogP contribution in [0.1, 0.15) is 5.82 Å². The molecule has 2 fully saturated rings. The van der Waals surface area contributed by atoms with Crippen LogP contribution in [-0.4, -0.2) is 51.3 Å². The summed E-state index contributed by atoms with van der Waals surface area (Å²) in [6.45, 7) is 5.45. The molecule has 1 N–H and O–H groups in total. The average Bonchev–Trinajstić information content (AvgIpc) is 3.15. The fourth-order valence-electron chi connectivity index (χ4n) is 3.36. The van der Waals surface area contributed by atoms with E-state index in [2.05, 4.69) is 25.7 Å². The number of hydrogen-bond donors (Lipinski definition) is 1. The van der Waals surface area contributed by atoms with Gasteiger partial charge >= 0.3 is 0 Å². The summed E-state index contributed by atoms with van der Waals surface area (Å²) >= 11 is 0. The summed E-state index contributed by atoms with van der Waals surface area (Å²) in [6.07, 6.45) is 0. The molecule has 0 aliphatic carbocycles. The van der Waals surface area contributed by atoms with Crippen molar-refractivity contribution in [3.8, 4) is 5.69 Å². The predicted octanol–water partition coefficient (Wildman–Crippen LogP) is 0.313. The van der Waals surface area contributed by atoms with Crippen molar-refractivity contribution in [1.29, 1.82) is 0 Å². The molecule has 6 nitrogen and oxygen atoms in total. The highest BCUT2D eigenvalue weighted by atomic mass is 15.5. The molecule has 0 bridgehead atoms. The first-order valence-corrected chi connectivity index (χ1v) is 7.16. The molecular formula is C14H18N6. The Morgan fingerprint density at radius 1 is 1.10 bits per heavy atom. The Morgan fingerprint density at radius 3 is 2.60 bits per heavy atom. The predicted molar refractivity (Wildman–Crippen MR) is 74.3 cm³/mol. The van der Waals surface area contributed by atoms with Gasteiger partial charge in [0, 0.05) is 13.1 Å². The maximum atomic E-state index is 4.19. The fraction of sp³-hybridized carbons (Fsp3) is 0.500. The first-order chi connectivity index (χ1) is 9.90. The lowest BCUT2D eigenvalue weighted by atomic mass is 10.0. The van der Waals surface area contributed by atoms with Crippen molar-refractivity contribution >= 4 is 0 Å². The summed E-state index contributed by atoms with van der Waals surface area (Å²) in [6, 6.07) is 10.1. The molecule has 1 aromatic carbocycles. The highest BCUT2D eigenvalue weighted by Gasteiger charge is 2.36. The van der Waals surface area contributed by atoms with Crippen LogP contribution in [0.5, 0.6) is 0 Å². The van der Waals surface area contributed by atoms with Gasteiger partial charge in [0.1, 0.15) is 0 Å². The van der Waals surface area contributed by atoms with Gasteiger partial charge in [0.05, 0.1) is 12.2 Å². The van der Waals surface area contributed by atoms with Gasteiger partial charge in [-0.25, -0.2) is 0 Å². The summed E-state index contributed by atoms with van der Waals surface area (Å²) in [5.41, 5.74) is 1.02. The molecular weight excluding hydrogens is 252 g/mol. The highest BCUT2D eigenvalue weighted by Crippen LogP contribution is 2.27. The van der Waals surface area contributed by atoms with E-state index < -0.39 is 0 Å². The van der Waals surface area contributed by atoms with Crippen molar-refractivity contribution in [2.45, 2.75) is 6.54 Å². The first-order valence-electron chi connectivity index (χ1n) is 7.16. The van der Waals surface area contributed by atoms with Crippen LogP contribution < -0.4 is 5.32 Å². The highest BCUT2D eigenvalue weighted by molar-refractivity contribution is 5.30. The van der Waals surface area contributed by atoms with Crippen LogP contribution in [0.15, 0.2) is 30.3 Å². The van der Waals surface area contributed by atoms with Gasteiger partial charge < -0.3 is 5.32 Å². The minimum absolute atomic E-state index is 0.802. The smallest absolute Gasteiger partial charge is 0.170 e. The average molecular weight is 270 g/mol. The molecule has 1 aromatic heterocycles. The number of aromatic nitrogens is 4. The molecule has 0 saturated carbocycles. The number of fused-ring (bicyclic) bond motifs is 1. The van der Waals surface area contributed by atoms with E-state index in [0.29, 0.717) is 0 Å². The van der Waals surface area contributed by atoms with E-state index in [0.717, 1.165) is 56.1 Å². The quantitative estimate of drug-likeness (QED) is 0.870. The molecule has 20 heavy (non-hydrogen) atoms. The van der Waals surface area contributed by atoms with E-state index in [-0.39, 0.29) is 0 Å². The maximum Gasteiger partial charge on any atom is 0.170 e. The second kappa shape index (κ2) is 4.96. The SMILES string of the molecule is c1ccc(-n2nnnc2CN2CC3CNCC3C2)cc1. The number of nitrogens with zero attached hydrogens (tertiary/aromatic N) is 5. The third-order valence-corrected chi connectivity index (χ3v) is 4.37. The Kier molecular flexibility index (Phi) is 2.97. The Hall–Kier alpha value is -1.79. The topological polar surface area (TPSA) is 58.9 Å². The normalized spacial score (nSPS) is 26.0. The molecule has 2 aromatic rings. The van der Waals surface area contributed by atoms with Gasteiger partial charge in [-0.1, -0.05) is 18.2 Å². The Bertz CT molecular complexity index is 568. The molecule has 0 amide bonds. The Morgan fingerprint density at radius 2 is 1.85 bits per heavy atom. The molecule has 2 aliphatic heterocycles. The lowest BCUT2D eigenvalue weighted by Gasteiger charge is -2.16. The van der Waals surface area contributed by atoms with Gasteiger partial charge in [0.25, 0.3) is 0 Å². The van der Waals surface area contributed by atoms with E-state index in [9.17, 15) is 0 Å². The number of nitrogens with one attached hydrogen (secondary N) is 1. The third kappa shape index (κ3) is 2.10. The molecule has 6 heteroatoms. The van der Waals surface area contributed by atoms with E-state index >= 15 is 0 Å². The maximum absolute atomic E-state index is 4.19.